The van der Waals surface area contributed by atoms with Crippen LogP contribution in [0, 0.1) is 5.92 Å². The number of para-hydroxylation sites is 1. The highest BCUT2D eigenvalue weighted by Gasteiger charge is 2.39. The van der Waals surface area contributed by atoms with Gasteiger partial charge in [-0.15, -0.1) is 0 Å². The zero-order valence-electron chi connectivity index (χ0n) is 17.8. The molecule has 0 N–H and O–H groups in total. The predicted octanol–water partition coefficient (Wildman–Crippen LogP) is 4.12. The van der Waals surface area contributed by atoms with E-state index in [9.17, 15) is 13.2 Å². The van der Waals surface area contributed by atoms with Gasteiger partial charge < -0.3 is 9.64 Å². The molecule has 2 aliphatic heterocycles. The fourth-order valence-corrected chi connectivity index (χ4v) is 6.37. The first-order valence-corrected chi connectivity index (χ1v) is 12.5. The zero-order chi connectivity index (χ0) is 22.2. The van der Waals surface area contributed by atoms with E-state index >= 15 is 0 Å². The van der Waals surface area contributed by atoms with Crippen LogP contribution in [0.4, 0.5) is 5.69 Å². The van der Waals surface area contributed by atoms with Crippen LogP contribution in [0.5, 0.6) is 5.75 Å². The molecule has 2 heterocycles. The number of nitrogens with zero attached hydrogens (tertiary/aromatic N) is 2. The maximum Gasteiger partial charge on any atom is 0.243 e. The first-order valence-electron chi connectivity index (χ1n) is 10.7. The van der Waals surface area contributed by atoms with Crippen molar-refractivity contribution in [2.45, 2.75) is 44.0 Å². The second-order valence-corrected chi connectivity index (χ2v) is 10.5. The zero-order valence-corrected chi connectivity index (χ0v) is 19.3. The number of rotatable bonds is 5. The summed E-state index contributed by atoms with van der Waals surface area (Å²) < 4.78 is 33.3. The highest BCUT2D eigenvalue weighted by atomic mass is 35.5. The molecule has 1 amide bonds. The van der Waals surface area contributed by atoms with Gasteiger partial charge in [0.1, 0.15) is 5.75 Å². The largest absolute Gasteiger partial charge is 0.492 e. The summed E-state index contributed by atoms with van der Waals surface area (Å²) in [6.45, 7) is 4.89. The Balaban J connectivity index is 1.54. The minimum Gasteiger partial charge on any atom is -0.492 e. The smallest absolute Gasteiger partial charge is 0.243 e. The Bertz CT molecular complexity index is 1090. The number of halogens is 1. The normalized spacial score (nSPS) is 21.7. The summed E-state index contributed by atoms with van der Waals surface area (Å²) in [6, 6.07) is 12.5. The Morgan fingerprint density at radius 1 is 1.23 bits per heavy atom. The molecule has 0 unspecified atom stereocenters. The van der Waals surface area contributed by atoms with E-state index in [1.54, 1.807) is 6.07 Å². The molecule has 1 saturated heterocycles. The van der Waals surface area contributed by atoms with Gasteiger partial charge in [0.2, 0.25) is 15.9 Å². The van der Waals surface area contributed by atoms with Crippen LogP contribution in [0.2, 0.25) is 5.02 Å². The Kier molecular flexibility index (Phi) is 6.28. The van der Waals surface area contributed by atoms with Crippen molar-refractivity contribution in [3.05, 3.63) is 53.1 Å². The lowest BCUT2D eigenvalue weighted by molar-refractivity contribution is -0.123. The van der Waals surface area contributed by atoms with Crippen molar-refractivity contribution in [3.63, 3.8) is 0 Å². The van der Waals surface area contributed by atoms with Gasteiger partial charge >= 0.3 is 0 Å². The van der Waals surface area contributed by atoms with Crippen LogP contribution in [0.1, 0.15) is 32.3 Å². The van der Waals surface area contributed by atoms with Gasteiger partial charge in [-0.05, 0) is 62.9 Å². The third kappa shape index (κ3) is 4.19. The predicted molar refractivity (Wildman–Crippen MR) is 121 cm³/mol. The van der Waals surface area contributed by atoms with E-state index in [-0.39, 0.29) is 34.3 Å². The fraction of sp³-hybridized carbons (Fsp3) is 0.435. The quantitative estimate of drug-likeness (QED) is 0.670. The number of carbonyl (C=O) groups excluding carboxylic acids is 1. The second kappa shape index (κ2) is 8.81. The van der Waals surface area contributed by atoms with E-state index in [2.05, 4.69) is 0 Å². The second-order valence-electron chi connectivity index (χ2n) is 8.12. The molecule has 0 spiro atoms. The minimum atomic E-state index is -3.76. The van der Waals surface area contributed by atoms with Crippen LogP contribution in [0.3, 0.4) is 0 Å². The van der Waals surface area contributed by atoms with Crippen LogP contribution < -0.4 is 9.64 Å². The summed E-state index contributed by atoms with van der Waals surface area (Å²) in [4.78, 5) is 15.4. The lowest BCUT2D eigenvalue weighted by atomic mass is 9.97. The molecule has 2 aromatic carbocycles. The summed E-state index contributed by atoms with van der Waals surface area (Å²) in [5.41, 5.74) is 2.10. The van der Waals surface area contributed by atoms with Crippen molar-refractivity contribution in [1.82, 2.24) is 4.31 Å². The molecule has 0 aliphatic carbocycles. The van der Waals surface area contributed by atoms with Gasteiger partial charge in [0, 0.05) is 24.8 Å². The SMILES string of the molecule is CCOc1ccc(S(=O)(=O)N2CCC[C@H](C(=O)N3c4ccccc4C[C@@H]3C)C2)cc1Cl. The number of anilines is 1. The van der Waals surface area contributed by atoms with Crippen LogP contribution in [-0.2, 0) is 21.2 Å². The Hall–Kier alpha value is -2.09. The number of fused-ring (bicyclic) bond motifs is 1. The number of piperidine rings is 1. The summed E-state index contributed by atoms with van der Waals surface area (Å²) in [6.07, 6.45) is 2.14. The van der Waals surface area contributed by atoms with Crippen LogP contribution in [0.25, 0.3) is 0 Å². The molecular weight excluding hydrogens is 436 g/mol. The van der Waals surface area contributed by atoms with E-state index in [0.717, 1.165) is 17.7 Å². The molecule has 2 aromatic rings. The molecule has 31 heavy (non-hydrogen) atoms. The average Bonchev–Trinajstić information content (AvgIpc) is 3.10. The van der Waals surface area contributed by atoms with E-state index in [0.29, 0.717) is 31.7 Å². The van der Waals surface area contributed by atoms with E-state index < -0.39 is 10.0 Å². The third-order valence-electron chi connectivity index (χ3n) is 6.02. The van der Waals surface area contributed by atoms with Crippen LogP contribution in [-0.4, -0.2) is 44.4 Å². The van der Waals surface area contributed by atoms with E-state index in [1.807, 2.05) is 43.0 Å². The van der Waals surface area contributed by atoms with Crippen molar-refractivity contribution >= 4 is 33.2 Å². The highest BCUT2D eigenvalue weighted by Crippen LogP contribution is 2.35. The van der Waals surface area contributed by atoms with Crippen LogP contribution >= 0.6 is 11.6 Å². The summed E-state index contributed by atoms with van der Waals surface area (Å²) in [5.74, 6) is 0.0916. The van der Waals surface area contributed by atoms with Gasteiger partial charge in [-0.1, -0.05) is 29.8 Å². The van der Waals surface area contributed by atoms with Crippen molar-refractivity contribution in [1.29, 1.82) is 0 Å². The molecule has 8 heteroatoms. The molecule has 1 fully saturated rings. The minimum absolute atomic E-state index is 0.00192. The molecule has 6 nitrogen and oxygen atoms in total. The van der Waals surface area contributed by atoms with Gasteiger partial charge in [-0.3, -0.25) is 4.79 Å². The van der Waals surface area contributed by atoms with Gasteiger partial charge in [0.25, 0.3) is 0 Å². The number of carbonyl (C=O) groups is 1. The van der Waals surface area contributed by atoms with Crippen molar-refractivity contribution in [3.8, 4) is 5.75 Å². The van der Waals surface area contributed by atoms with Crippen molar-refractivity contribution < 1.29 is 17.9 Å². The molecule has 0 radical (unpaired) electrons. The number of amides is 1. The van der Waals surface area contributed by atoms with Gasteiger partial charge in [0.05, 0.1) is 22.4 Å². The number of ether oxygens (including phenoxy) is 1. The third-order valence-corrected chi connectivity index (χ3v) is 8.18. The number of hydrogen-bond donors (Lipinski definition) is 0. The standard InChI is InChI=1S/C23H27ClN2O4S/c1-3-30-22-11-10-19(14-20(22)24)31(28,29)25-12-6-8-18(15-25)23(27)26-16(2)13-17-7-4-5-9-21(17)26/h4-5,7,9-11,14,16,18H,3,6,8,12-13,15H2,1-2H3/t16-,18-/m0/s1. The Morgan fingerprint density at radius 3 is 2.74 bits per heavy atom. The average molecular weight is 463 g/mol. The fourth-order valence-electron chi connectivity index (χ4n) is 4.52. The number of sulfonamides is 1. The molecule has 0 bridgehead atoms. The van der Waals surface area contributed by atoms with Crippen molar-refractivity contribution in [2.75, 3.05) is 24.6 Å². The molecule has 2 aliphatic rings. The van der Waals surface area contributed by atoms with E-state index in [1.165, 1.54) is 16.4 Å². The van der Waals surface area contributed by atoms with Gasteiger partial charge in [-0.25, -0.2) is 8.42 Å². The first kappa shape index (κ1) is 22.1. The molecular formula is C23H27ClN2O4S. The summed E-state index contributed by atoms with van der Waals surface area (Å²) in [7, 11) is -3.76. The lowest BCUT2D eigenvalue weighted by Crippen LogP contribution is -2.48. The van der Waals surface area contributed by atoms with E-state index in [4.69, 9.17) is 16.3 Å². The van der Waals surface area contributed by atoms with Crippen LogP contribution in [0.15, 0.2) is 47.4 Å². The summed E-state index contributed by atoms with van der Waals surface area (Å²) in [5, 5.41) is 0.259. The first-order chi connectivity index (χ1) is 14.8. The molecule has 0 aromatic heterocycles. The summed E-state index contributed by atoms with van der Waals surface area (Å²) >= 11 is 6.21. The highest BCUT2D eigenvalue weighted by molar-refractivity contribution is 7.89. The Labute approximate surface area is 188 Å². The maximum atomic E-state index is 13.4. The van der Waals surface area contributed by atoms with Gasteiger partial charge in [0.15, 0.2) is 0 Å². The molecule has 4 rings (SSSR count). The lowest BCUT2D eigenvalue weighted by Gasteiger charge is -2.34. The number of benzene rings is 2. The van der Waals surface area contributed by atoms with Gasteiger partial charge in [-0.2, -0.15) is 4.31 Å². The Morgan fingerprint density at radius 2 is 2.00 bits per heavy atom. The molecule has 2 atom stereocenters. The topological polar surface area (TPSA) is 66.9 Å². The van der Waals surface area contributed by atoms with Crippen molar-refractivity contribution in [2.24, 2.45) is 5.92 Å². The monoisotopic (exact) mass is 462 g/mol. The molecule has 0 saturated carbocycles. The number of hydrogen-bond acceptors (Lipinski definition) is 4. The maximum absolute atomic E-state index is 13.4. The molecule has 166 valence electrons.